The predicted molar refractivity (Wildman–Crippen MR) is 108 cm³/mol. The van der Waals surface area contributed by atoms with Gasteiger partial charge in [-0.25, -0.2) is 4.68 Å². The number of amides is 1. The summed E-state index contributed by atoms with van der Waals surface area (Å²) in [6, 6.07) is 13.5. The van der Waals surface area contributed by atoms with Crippen molar-refractivity contribution in [1.29, 1.82) is 0 Å². The number of nitrogens with zero attached hydrogens (tertiary/aromatic N) is 2. The van der Waals surface area contributed by atoms with E-state index in [-0.39, 0.29) is 5.91 Å². The highest BCUT2D eigenvalue weighted by atomic mass is 16.5. The van der Waals surface area contributed by atoms with Crippen LogP contribution in [0.2, 0.25) is 0 Å². The zero-order valence-corrected chi connectivity index (χ0v) is 16.4. The monoisotopic (exact) mass is 379 g/mol. The zero-order valence-electron chi connectivity index (χ0n) is 16.4. The minimum atomic E-state index is -0.190. The number of ether oxygens (including phenoxy) is 2. The van der Waals surface area contributed by atoms with Gasteiger partial charge < -0.3 is 14.8 Å². The first-order valence-electron chi connectivity index (χ1n) is 9.25. The van der Waals surface area contributed by atoms with Crippen LogP contribution in [-0.2, 0) is 18.1 Å². The maximum atomic E-state index is 12.5. The molecule has 0 spiro atoms. The van der Waals surface area contributed by atoms with Gasteiger partial charge in [0.15, 0.2) is 0 Å². The molecule has 0 atom stereocenters. The maximum Gasteiger partial charge on any atom is 0.255 e. The Morgan fingerprint density at radius 3 is 2.86 bits per heavy atom. The van der Waals surface area contributed by atoms with Gasteiger partial charge in [0.1, 0.15) is 19.1 Å². The Bertz CT molecular complexity index is 950. The smallest absolute Gasteiger partial charge is 0.255 e. The molecule has 0 aliphatic rings. The molecule has 2 aromatic carbocycles. The summed E-state index contributed by atoms with van der Waals surface area (Å²) >= 11 is 0. The van der Waals surface area contributed by atoms with E-state index in [0.717, 1.165) is 22.4 Å². The van der Waals surface area contributed by atoms with E-state index in [9.17, 15) is 4.79 Å². The van der Waals surface area contributed by atoms with Crippen LogP contribution < -0.4 is 10.1 Å². The number of aryl methyl sites for hydroxylation is 2. The third kappa shape index (κ3) is 5.20. The zero-order chi connectivity index (χ0) is 19.9. The molecule has 1 heterocycles. The standard InChI is InChI=1S/C22H25N3O3/c1-4-27-15-25-13-20(12-23-25)24-22(26)19-7-5-6-18(11-19)14-28-21-10-16(2)8-9-17(21)3/h5-13H,4,14-15H2,1-3H3,(H,24,26). The van der Waals surface area contributed by atoms with Crippen LogP contribution in [0.5, 0.6) is 5.75 Å². The van der Waals surface area contributed by atoms with Gasteiger partial charge in [-0.1, -0.05) is 24.3 Å². The normalized spacial score (nSPS) is 10.7. The molecule has 0 saturated carbocycles. The molecule has 1 N–H and O–H groups in total. The summed E-state index contributed by atoms with van der Waals surface area (Å²) in [6.07, 6.45) is 3.34. The van der Waals surface area contributed by atoms with E-state index < -0.39 is 0 Å². The van der Waals surface area contributed by atoms with Gasteiger partial charge in [0.2, 0.25) is 0 Å². The lowest BCUT2D eigenvalue weighted by Crippen LogP contribution is -2.12. The van der Waals surface area contributed by atoms with Crippen molar-refractivity contribution in [2.45, 2.75) is 34.1 Å². The molecule has 0 unspecified atom stereocenters. The summed E-state index contributed by atoms with van der Waals surface area (Å²) < 4.78 is 12.9. The summed E-state index contributed by atoms with van der Waals surface area (Å²) in [5, 5.41) is 7.01. The van der Waals surface area contributed by atoms with Crippen molar-refractivity contribution in [1.82, 2.24) is 9.78 Å². The largest absolute Gasteiger partial charge is 0.489 e. The van der Waals surface area contributed by atoms with Gasteiger partial charge in [0.25, 0.3) is 5.91 Å². The van der Waals surface area contributed by atoms with E-state index in [2.05, 4.69) is 16.5 Å². The third-order valence-electron chi connectivity index (χ3n) is 4.25. The number of hydrogen-bond donors (Lipinski definition) is 1. The van der Waals surface area contributed by atoms with Gasteiger partial charge in [-0.2, -0.15) is 5.10 Å². The molecule has 1 aromatic heterocycles. The van der Waals surface area contributed by atoms with Gasteiger partial charge in [-0.05, 0) is 55.7 Å². The minimum absolute atomic E-state index is 0.190. The molecule has 146 valence electrons. The maximum absolute atomic E-state index is 12.5. The van der Waals surface area contributed by atoms with E-state index in [4.69, 9.17) is 9.47 Å². The molecule has 0 aliphatic heterocycles. The first-order chi connectivity index (χ1) is 13.5. The molecular formula is C22H25N3O3. The molecular weight excluding hydrogens is 354 g/mol. The number of nitrogens with one attached hydrogen (secondary N) is 1. The SMILES string of the molecule is CCOCn1cc(NC(=O)c2cccc(COc3cc(C)ccc3C)c2)cn1. The second-order valence-electron chi connectivity index (χ2n) is 6.60. The summed E-state index contributed by atoms with van der Waals surface area (Å²) in [6.45, 7) is 7.34. The van der Waals surface area contributed by atoms with Crippen molar-refractivity contribution in [3.05, 3.63) is 77.1 Å². The third-order valence-corrected chi connectivity index (χ3v) is 4.25. The lowest BCUT2D eigenvalue weighted by atomic mass is 10.1. The van der Waals surface area contributed by atoms with Crippen molar-refractivity contribution in [2.24, 2.45) is 0 Å². The minimum Gasteiger partial charge on any atom is -0.489 e. The highest BCUT2D eigenvalue weighted by Gasteiger charge is 2.09. The van der Waals surface area contributed by atoms with Crippen LogP contribution in [-0.4, -0.2) is 22.3 Å². The van der Waals surface area contributed by atoms with E-state index in [1.807, 2.05) is 51.1 Å². The van der Waals surface area contributed by atoms with Crippen molar-refractivity contribution in [2.75, 3.05) is 11.9 Å². The lowest BCUT2D eigenvalue weighted by Gasteiger charge is -2.11. The fourth-order valence-electron chi connectivity index (χ4n) is 2.71. The van der Waals surface area contributed by atoms with Crippen molar-refractivity contribution in [3.63, 3.8) is 0 Å². The van der Waals surface area contributed by atoms with Crippen LogP contribution in [0.25, 0.3) is 0 Å². The van der Waals surface area contributed by atoms with Gasteiger partial charge in [-0.15, -0.1) is 0 Å². The van der Waals surface area contributed by atoms with Crippen molar-refractivity contribution in [3.8, 4) is 5.75 Å². The van der Waals surface area contributed by atoms with Crippen LogP contribution >= 0.6 is 0 Å². The molecule has 0 bridgehead atoms. The first-order valence-corrected chi connectivity index (χ1v) is 9.25. The fourth-order valence-corrected chi connectivity index (χ4v) is 2.71. The number of rotatable bonds is 8. The average molecular weight is 379 g/mol. The van der Waals surface area contributed by atoms with E-state index in [0.29, 0.717) is 31.2 Å². The number of carbonyl (C=O) groups is 1. The van der Waals surface area contributed by atoms with E-state index >= 15 is 0 Å². The first kappa shape index (κ1) is 19.6. The second-order valence-corrected chi connectivity index (χ2v) is 6.60. The summed E-state index contributed by atoms with van der Waals surface area (Å²) in [7, 11) is 0. The number of anilines is 1. The predicted octanol–water partition coefficient (Wildman–Crippen LogP) is 4.33. The number of benzene rings is 2. The van der Waals surface area contributed by atoms with Crippen LogP contribution in [0.15, 0.2) is 54.9 Å². The quantitative estimate of drug-likeness (QED) is 0.633. The van der Waals surface area contributed by atoms with Gasteiger partial charge in [-0.3, -0.25) is 4.79 Å². The molecule has 0 radical (unpaired) electrons. The summed E-state index contributed by atoms with van der Waals surface area (Å²) in [4.78, 5) is 12.5. The van der Waals surface area contributed by atoms with Crippen LogP contribution in [0.4, 0.5) is 5.69 Å². The summed E-state index contributed by atoms with van der Waals surface area (Å²) in [5.74, 6) is 0.668. The highest BCUT2D eigenvalue weighted by Crippen LogP contribution is 2.21. The van der Waals surface area contributed by atoms with E-state index in [1.54, 1.807) is 23.1 Å². The van der Waals surface area contributed by atoms with Crippen molar-refractivity contribution >= 4 is 11.6 Å². The molecule has 0 saturated heterocycles. The van der Waals surface area contributed by atoms with Crippen molar-refractivity contribution < 1.29 is 14.3 Å². The van der Waals surface area contributed by atoms with Gasteiger partial charge in [0, 0.05) is 12.2 Å². The molecule has 0 aliphatic carbocycles. The van der Waals surface area contributed by atoms with E-state index in [1.165, 1.54) is 0 Å². The Labute approximate surface area is 165 Å². The molecule has 6 heteroatoms. The summed E-state index contributed by atoms with van der Waals surface area (Å²) in [5.41, 5.74) is 4.36. The Balaban J connectivity index is 1.62. The molecule has 28 heavy (non-hydrogen) atoms. The highest BCUT2D eigenvalue weighted by molar-refractivity contribution is 6.04. The van der Waals surface area contributed by atoms with Crippen LogP contribution in [0.3, 0.4) is 0 Å². The Kier molecular flexibility index (Phi) is 6.45. The second kappa shape index (κ2) is 9.19. The van der Waals surface area contributed by atoms with Gasteiger partial charge >= 0.3 is 0 Å². The molecule has 6 nitrogen and oxygen atoms in total. The number of aromatic nitrogens is 2. The topological polar surface area (TPSA) is 65.4 Å². The Morgan fingerprint density at radius 1 is 1.18 bits per heavy atom. The number of carbonyl (C=O) groups excluding carboxylic acids is 1. The lowest BCUT2D eigenvalue weighted by molar-refractivity contribution is 0.0792. The Hall–Kier alpha value is -3.12. The number of hydrogen-bond acceptors (Lipinski definition) is 4. The van der Waals surface area contributed by atoms with Crippen LogP contribution in [0, 0.1) is 13.8 Å². The fraction of sp³-hybridized carbons (Fsp3) is 0.273. The molecule has 3 rings (SSSR count). The molecule has 1 amide bonds. The Morgan fingerprint density at radius 2 is 2.04 bits per heavy atom. The van der Waals surface area contributed by atoms with Gasteiger partial charge in [0.05, 0.1) is 18.1 Å². The average Bonchev–Trinajstić information content (AvgIpc) is 3.14. The van der Waals surface area contributed by atoms with Crippen LogP contribution in [0.1, 0.15) is 34.0 Å². The molecule has 0 fully saturated rings. The molecule has 3 aromatic rings.